The summed E-state index contributed by atoms with van der Waals surface area (Å²) >= 11 is 0. The highest BCUT2D eigenvalue weighted by Crippen LogP contribution is 2.14. The predicted molar refractivity (Wildman–Crippen MR) is 79.7 cm³/mol. The summed E-state index contributed by atoms with van der Waals surface area (Å²) < 4.78 is 5.03. The minimum absolute atomic E-state index is 0.0244. The number of hydrogen-bond donors (Lipinski definition) is 3. The second-order valence-electron chi connectivity index (χ2n) is 4.94. The van der Waals surface area contributed by atoms with E-state index in [1.807, 2.05) is 24.3 Å². The van der Waals surface area contributed by atoms with Crippen LogP contribution in [0, 0.1) is 0 Å². The van der Waals surface area contributed by atoms with Gasteiger partial charge in [0, 0.05) is 25.9 Å². The molecule has 0 radical (unpaired) electrons. The number of nitrogens with one attached hydrogen (secondary N) is 3. The maximum atomic E-state index is 12.0. The molecule has 0 aromatic heterocycles. The summed E-state index contributed by atoms with van der Waals surface area (Å²) in [4.78, 5) is 12.0. The van der Waals surface area contributed by atoms with Crippen molar-refractivity contribution in [1.29, 1.82) is 0 Å². The normalized spacial score (nSPS) is 17.9. The SMILES string of the molecule is COCCNc1ccccc1CNC(=O)C1CCCN1. The molecule has 20 heavy (non-hydrogen) atoms. The second-order valence-corrected chi connectivity index (χ2v) is 4.94. The van der Waals surface area contributed by atoms with Crippen molar-refractivity contribution in [3.63, 3.8) is 0 Å². The zero-order valence-electron chi connectivity index (χ0n) is 11.9. The molecule has 0 aliphatic carbocycles. The van der Waals surface area contributed by atoms with E-state index in [0.29, 0.717) is 13.2 Å². The maximum absolute atomic E-state index is 12.0. The Morgan fingerprint density at radius 2 is 2.30 bits per heavy atom. The van der Waals surface area contributed by atoms with E-state index in [0.717, 1.165) is 37.2 Å². The van der Waals surface area contributed by atoms with Crippen molar-refractivity contribution < 1.29 is 9.53 Å². The lowest BCUT2D eigenvalue weighted by Gasteiger charge is -2.14. The summed E-state index contributed by atoms with van der Waals surface area (Å²) in [5, 5.41) is 9.52. The van der Waals surface area contributed by atoms with Gasteiger partial charge < -0.3 is 20.7 Å². The fraction of sp³-hybridized carbons (Fsp3) is 0.533. The first-order valence-corrected chi connectivity index (χ1v) is 7.13. The summed E-state index contributed by atoms with van der Waals surface area (Å²) in [6, 6.07) is 7.99. The van der Waals surface area contributed by atoms with Gasteiger partial charge in [0.05, 0.1) is 12.6 Å². The lowest BCUT2D eigenvalue weighted by Crippen LogP contribution is -2.40. The Morgan fingerprint density at radius 1 is 1.45 bits per heavy atom. The lowest BCUT2D eigenvalue weighted by atomic mass is 10.1. The van der Waals surface area contributed by atoms with Crippen LogP contribution in [0.3, 0.4) is 0 Å². The quantitative estimate of drug-likeness (QED) is 0.653. The zero-order valence-corrected chi connectivity index (χ0v) is 11.9. The molecule has 110 valence electrons. The van der Waals surface area contributed by atoms with Crippen LogP contribution in [0.1, 0.15) is 18.4 Å². The predicted octanol–water partition coefficient (Wildman–Crippen LogP) is 1.11. The molecule has 1 aromatic carbocycles. The molecule has 3 N–H and O–H groups in total. The van der Waals surface area contributed by atoms with Crippen LogP contribution in [0.4, 0.5) is 5.69 Å². The molecular formula is C15H23N3O2. The molecule has 0 saturated carbocycles. The second kappa shape index (κ2) is 7.87. The lowest BCUT2D eigenvalue weighted by molar-refractivity contribution is -0.122. The third kappa shape index (κ3) is 4.21. The number of carbonyl (C=O) groups is 1. The fourth-order valence-electron chi connectivity index (χ4n) is 2.35. The van der Waals surface area contributed by atoms with E-state index in [1.54, 1.807) is 7.11 Å². The average Bonchev–Trinajstić information content (AvgIpc) is 3.00. The number of hydrogen-bond acceptors (Lipinski definition) is 4. The first-order chi connectivity index (χ1) is 9.81. The Kier molecular flexibility index (Phi) is 5.83. The Balaban J connectivity index is 1.86. The summed E-state index contributed by atoms with van der Waals surface area (Å²) in [5.41, 5.74) is 2.14. The number of methoxy groups -OCH3 is 1. The molecule has 1 heterocycles. The molecule has 2 rings (SSSR count). The van der Waals surface area contributed by atoms with E-state index in [9.17, 15) is 4.79 Å². The number of amides is 1. The van der Waals surface area contributed by atoms with Gasteiger partial charge in [-0.15, -0.1) is 0 Å². The highest BCUT2D eigenvalue weighted by atomic mass is 16.5. The van der Waals surface area contributed by atoms with Crippen LogP contribution in [0.15, 0.2) is 24.3 Å². The van der Waals surface area contributed by atoms with Gasteiger partial charge >= 0.3 is 0 Å². The van der Waals surface area contributed by atoms with Crippen LogP contribution in [0.25, 0.3) is 0 Å². The summed E-state index contributed by atoms with van der Waals surface area (Å²) in [7, 11) is 1.68. The van der Waals surface area contributed by atoms with E-state index in [4.69, 9.17) is 4.74 Å². The van der Waals surface area contributed by atoms with Gasteiger partial charge in [0.1, 0.15) is 0 Å². The molecule has 1 aliphatic rings. The van der Waals surface area contributed by atoms with Crippen LogP contribution in [0.2, 0.25) is 0 Å². The molecule has 0 spiro atoms. The molecule has 1 saturated heterocycles. The number of benzene rings is 1. The minimum Gasteiger partial charge on any atom is -0.383 e. The first-order valence-electron chi connectivity index (χ1n) is 7.13. The molecule has 5 nitrogen and oxygen atoms in total. The number of carbonyl (C=O) groups excluding carboxylic acids is 1. The largest absolute Gasteiger partial charge is 0.383 e. The van der Waals surface area contributed by atoms with Gasteiger partial charge in [0.25, 0.3) is 0 Å². The highest BCUT2D eigenvalue weighted by molar-refractivity contribution is 5.82. The smallest absolute Gasteiger partial charge is 0.237 e. The zero-order chi connectivity index (χ0) is 14.2. The number of para-hydroxylation sites is 1. The molecule has 1 aromatic rings. The van der Waals surface area contributed by atoms with Gasteiger partial charge in [0.15, 0.2) is 0 Å². The average molecular weight is 277 g/mol. The van der Waals surface area contributed by atoms with Crippen LogP contribution < -0.4 is 16.0 Å². The van der Waals surface area contributed by atoms with Crippen molar-refractivity contribution in [3.8, 4) is 0 Å². The van der Waals surface area contributed by atoms with Gasteiger partial charge in [0.2, 0.25) is 5.91 Å². The van der Waals surface area contributed by atoms with E-state index >= 15 is 0 Å². The van der Waals surface area contributed by atoms with E-state index in [2.05, 4.69) is 16.0 Å². The van der Waals surface area contributed by atoms with Crippen molar-refractivity contribution in [2.75, 3.05) is 32.1 Å². The van der Waals surface area contributed by atoms with E-state index < -0.39 is 0 Å². The van der Waals surface area contributed by atoms with Crippen LogP contribution in [-0.4, -0.2) is 38.8 Å². The van der Waals surface area contributed by atoms with Gasteiger partial charge in [-0.05, 0) is 31.0 Å². The van der Waals surface area contributed by atoms with Crippen molar-refractivity contribution in [2.45, 2.75) is 25.4 Å². The van der Waals surface area contributed by atoms with Crippen molar-refractivity contribution >= 4 is 11.6 Å². The number of rotatable bonds is 7. The van der Waals surface area contributed by atoms with Gasteiger partial charge in [-0.1, -0.05) is 18.2 Å². The van der Waals surface area contributed by atoms with Crippen molar-refractivity contribution in [2.24, 2.45) is 0 Å². The minimum atomic E-state index is -0.0244. The molecule has 1 unspecified atom stereocenters. The van der Waals surface area contributed by atoms with Gasteiger partial charge in [-0.2, -0.15) is 0 Å². The molecular weight excluding hydrogens is 254 g/mol. The van der Waals surface area contributed by atoms with Crippen molar-refractivity contribution in [3.05, 3.63) is 29.8 Å². The Bertz CT molecular complexity index is 431. The topological polar surface area (TPSA) is 62.4 Å². The number of ether oxygens (including phenoxy) is 1. The molecule has 0 bridgehead atoms. The number of anilines is 1. The first kappa shape index (κ1) is 14.8. The van der Waals surface area contributed by atoms with E-state index in [-0.39, 0.29) is 11.9 Å². The standard InChI is InChI=1S/C15H23N3O2/c1-20-10-9-17-13-6-3-2-5-12(13)11-18-15(19)14-7-4-8-16-14/h2-3,5-6,14,16-17H,4,7-11H2,1H3,(H,18,19). The molecule has 1 atom stereocenters. The van der Waals surface area contributed by atoms with Gasteiger partial charge in [-0.3, -0.25) is 4.79 Å². The fourth-order valence-corrected chi connectivity index (χ4v) is 2.35. The molecule has 1 fully saturated rings. The Labute approximate surface area is 120 Å². The highest BCUT2D eigenvalue weighted by Gasteiger charge is 2.21. The molecule has 1 amide bonds. The Hall–Kier alpha value is -1.59. The molecule has 5 heteroatoms. The monoisotopic (exact) mass is 277 g/mol. The maximum Gasteiger partial charge on any atom is 0.237 e. The third-order valence-electron chi connectivity index (χ3n) is 3.47. The van der Waals surface area contributed by atoms with E-state index in [1.165, 1.54) is 0 Å². The third-order valence-corrected chi connectivity index (χ3v) is 3.47. The van der Waals surface area contributed by atoms with Crippen molar-refractivity contribution in [1.82, 2.24) is 10.6 Å². The summed E-state index contributed by atoms with van der Waals surface area (Å²) in [6.07, 6.45) is 2.01. The Morgan fingerprint density at radius 3 is 3.05 bits per heavy atom. The van der Waals surface area contributed by atoms with Crippen LogP contribution in [0.5, 0.6) is 0 Å². The summed E-state index contributed by atoms with van der Waals surface area (Å²) in [6.45, 7) is 2.90. The van der Waals surface area contributed by atoms with Crippen LogP contribution in [-0.2, 0) is 16.1 Å². The van der Waals surface area contributed by atoms with Crippen LogP contribution >= 0.6 is 0 Å². The summed E-state index contributed by atoms with van der Waals surface area (Å²) in [5.74, 6) is 0.0918. The van der Waals surface area contributed by atoms with Gasteiger partial charge in [-0.25, -0.2) is 0 Å². The molecule has 1 aliphatic heterocycles.